The number of piperidine rings is 1. The standard InChI is InChI=1S/C19H21FN6OS/c1-24-9-11-7-14(24)16(20)17(11)25(2)19-23-22-18(28-19)13-4-3-12(8-15(13)27)26-6-5-21-10-26/h3-6,8,10-11,14,16-17,27H,7,9H2,1-2H3/t11-,14-,16-,17-/m1/s1. The van der Waals surface area contributed by atoms with E-state index in [9.17, 15) is 9.50 Å². The summed E-state index contributed by atoms with van der Waals surface area (Å²) in [6.45, 7) is 0.919. The van der Waals surface area contributed by atoms with E-state index in [1.165, 1.54) is 11.3 Å². The van der Waals surface area contributed by atoms with E-state index in [0.717, 1.165) is 18.7 Å². The van der Waals surface area contributed by atoms with Gasteiger partial charge in [0.15, 0.2) is 5.01 Å². The average molecular weight is 400 g/mol. The molecular formula is C19H21FN6OS. The van der Waals surface area contributed by atoms with Crippen molar-refractivity contribution in [2.24, 2.45) is 5.92 Å². The predicted octanol–water partition coefficient (Wildman–Crippen LogP) is 2.57. The predicted molar refractivity (Wildman–Crippen MR) is 106 cm³/mol. The Labute approximate surface area is 166 Å². The molecule has 28 heavy (non-hydrogen) atoms. The molecule has 1 aliphatic heterocycles. The van der Waals surface area contributed by atoms with Crippen molar-refractivity contribution in [2.45, 2.75) is 24.7 Å². The number of phenols is 1. The molecule has 1 N–H and O–H groups in total. The van der Waals surface area contributed by atoms with Gasteiger partial charge in [0.25, 0.3) is 0 Å². The van der Waals surface area contributed by atoms with E-state index in [4.69, 9.17) is 0 Å². The number of imidazole rings is 1. The minimum atomic E-state index is -0.885. The van der Waals surface area contributed by atoms with Crippen LogP contribution in [0.25, 0.3) is 16.3 Å². The molecule has 1 aromatic carbocycles. The maximum absolute atomic E-state index is 14.9. The fraction of sp³-hybridized carbons (Fsp3) is 0.421. The summed E-state index contributed by atoms with van der Waals surface area (Å²) in [7, 11) is 3.89. The summed E-state index contributed by atoms with van der Waals surface area (Å²) in [6.07, 6.45) is 5.18. The Kier molecular flexibility index (Phi) is 4.09. The molecule has 2 fully saturated rings. The highest BCUT2D eigenvalue weighted by atomic mass is 32.1. The Morgan fingerprint density at radius 2 is 2.18 bits per heavy atom. The minimum absolute atomic E-state index is 0.00427. The normalized spacial score (nSPS) is 26.8. The number of phenolic OH excluding ortho intramolecular Hbond substituents is 1. The van der Waals surface area contributed by atoms with Gasteiger partial charge in [0.1, 0.15) is 11.9 Å². The molecule has 0 radical (unpaired) electrons. The van der Waals surface area contributed by atoms with Crippen LogP contribution in [0.5, 0.6) is 5.75 Å². The smallest absolute Gasteiger partial charge is 0.208 e. The number of rotatable bonds is 4. The molecule has 1 aliphatic carbocycles. The summed E-state index contributed by atoms with van der Waals surface area (Å²) in [6, 6.07) is 5.22. The number of fused-ring (bicyclic) bond motifs is 2. The third kappa shape index (κ3) is 2.68. The molecule has 1 saturated carbocycles. The van der Waals surface area contributed by atoms with Crippen LogP contribution in [-0.4, -0.2) is 68.7 Å². The van der Waals surface area contributed by atoms with Crippen LogP contribution in [-0.2, 0) is 0 Å². The lowest BCUT2D eigenvalue weighted by molar-refractivity contribution is 0.126. The van der Waals surface area contributed by atoms with E-state index >= 15 is 0 Å². The molecule has 146 valence electrons. The molecule has 3 heterocycles. The second kappa shape index (κ2) is 6.52. The molecular weight excluding hydrogens is 379 g/mol. The third-order valence-electron chi connectivity index (χ3n) is 5.99. The summed E-state index contributed by atoms with van der Waals surface area (Å²) in [5.41, 5.74) is 1.43. The van der Waals surface area contributed by atoms with E-state index < -0.39 is 6.17 Å². The number of hydrogen-bond donors (Lipinski definition) is 1. The van der Waals surface area contributed by atoms with Crippen LogP contribution in [0.2, 0.25) is 0 Å². The Morgan fingerprint density at radius 1 is 1.32 bits per heavy atom. The number of alkyl halides is 1. The van der Waals surface area contributed by atoms with Crippen molar-refractivity contribution >= 4 is 16.5 Å². The number of aromatic hydroxyl groups is 1. The van der Waals surface area contributed by atoms with E-state index in [1.54, 1.807) is 18.6 Å². The lowest BCUT2D eigenvalue weighted by Crippen LogP contribution is -2.51. The summed E-state index contributed by atoms with van der Waals surface area (Å²) >= 11 is 1.37. The minimum Gasteiger partial charge on any atom is -0.507 e. The van der Waals surface area contributed by atoms with Gasteiger partial charge in [0.05, 0.1) is 23.6 Å². The average Bonchev–Trinajstić information content (AvgIpc) is 3.45. The Balaban J connectivity index is 1.39. The molecule has 7 nitrogen and oxygen atoms in total. The molecule has 0 spiro atoms. The number of benzene rings is 1. The number of aromatic nitrogens is 4. The van der Waals surface area contributed by atoms with Gasteiger partial charge < -0.3 is 19.5 Å². The van der Waals surface area contributed by atoms with Crippen molar-refractivity contribution < 1.29 is 9.50 Å². The molecule has 2 aliphatic rings. The molecule has 4 atom stereocenters. The van der Waals surface area contributed by atoms with Gasteiger partial charge in [-0.1, -0.05) is 11.3 Å². The fourth-order valence-corrected chi connectivity index (χ4v) is 5.46. The van der Waals surface area contributed by atoms with E-state index in [0.29, 0.717) is 21.6 Å². The van der Waals surface area contributed by atoms with Gasteiger partial charge >= 0.3 is 0 Å². The first-order valence-corrected chi connectivity index (χ1v) is 10.1. The van der Waals surface area contributed by atoms with Crippen molar-refractivity contribution in [1.82, 2.24) is 24.6 Å². The van der Waals surface area contributed by atoms with Gasteiger partial charge in [0.2, 0.25) is 5.13 Å². The first kappa shape index (κ1) is 17.6. The van der Waals surface area contributed by atoms with Gasteiger partial charge in [-0.3, -0.25) is 0 Å². The van der Waals surface area contributed by atoms with E-state index in [1.807, 2.05) is 41.9 Å². The number of anilines is 1. The Hall–Kier alpha value is -2.52. The molecule has 5 rings (SSSR count). The van der Waals surface area contributed by atoms with Gasteiger partial charge in [-0.15, -0.1) is 10.2 Å². The maximum Gasteiger partial charge on any atom is 0.208 e. The molecule has 0 unspecified atom stereocenters. The number of halogens is 1. The largest absolute Gasteiger partial charge is 0.507 e. The molecule has 1 saturated heterocycles. The summed E-state index contributed by atoms with van der Waals surface area (Å²) in [5.74, 6) is 0.437. The van der Waals surface area contributed by atoms with Crippen molar-refractivity contribution in [2.75, 3.05) is 25.5 Å². The fourth-order valence-electron chi connectivity index (χ4n) is 4.58. The van der Waals surface area contributed by atoms with Gasteiger partial charge in [-0.25, -0.2) is 9.37 Å². The summed E-state index contributed by atoms with van der Waals surface area (Å²) in [4.78, 5) is 8.07. The van der Waals surface area contributed by atoms with Gasteiger partial charge in [-0.05, 0) is 31.5 Å². The van der Waals surface area contributed by atoms with E-state index in [-0.39, 0.29) is 17.8 Å². The number of hydrogen-bond acceptors (Lipinski definition) is 7. The molecule has 9 heteroatoms. The first-order chi connectivity index (χ1) is 13.5. The van der Waals surface area contributed by atoms with Gasteiger partial charge in [0, 0.05) is 38.1 Å². The molecule has 2 bridgehead atoms. The first-order valence-electron chi connectivity index (χ1n) is 9.25. The highest BCUT2D eigenvalue weighted by Gasteiger charge is 2.53. The van der Waals surface area contributed by atoms with Crippen LogP contribution < -0.4 is 4.90 Å². The Morgan fingerprint density at radius 3 is 2.86 bits per heavy atom. The van der Waals surface area contributed by atoms with Crippen LogP contribution in [0.4, 0.5) is 9.52 Å². The SMILES string of the molecule is CN1C[C@H]2C[C@@H]1[C@@H](F)[C@@H]2N(C)c1nnc(-c2ccc(-n3ccnc3)cc2O)s1. The highest BCUT2D eigenvalue weighted by Crippen LogP contribution is 2.43. The number of likely N-dealkylation sites (tertiary alicyclic amines) is 1. The maximum atomic E-state index is 14.9. The summed E-state index contributed by atoms with van der Waals surface area (Å²) < 4.78 is 16.7. The second-order valence-electron chi connectivity index (χ2n) is 7.61. The lowest BCUT2D eigenvalue weighted by Gasteiger charge is -2.36. The third-order valence-corrected chi connectivity index (χ3v) is 7.03. The van der Waals surface area contributed by atoms with Crippen molar-refractivity contribution in [1.29, 1.82) is 0 Å². The van der Waals surface area contributed by atoms with Crippen LogP contribution in [0.15, 0.2) is 36.9 Å². The monoisotopic (exact) mass is 400 g/mol. The second-order valence-corrected chi connectivity index (χ2v) is 8.57. The van der Waals surface area contributed by atoms with Crippen LogP contribution in [0.1, 0.15) is 6.42 Å². The highest BCUT2D eigenvalue weighted by molar-refractivity contribution is 7.18. The zero-order valence-corrected chi connectivity index (χ0v) is 16.4. The molecule has 0 amide bonds. The van der Waals surface area contributed by atoms with Crippen LogP contribution in [0.3, 0.4) is 0 Å². The van der Waals surface area contributed by atoms with Crippen LogP contribution in [0, 0.1) is 5.92 Å². The van der Waals surface area contributed by atoms with Crippen molar-refractivity contribution in [3.63, 3.8) is 0 Å². The summed E-state index contributed by atoms with van der Waals surface area (Å²) in [5, 5.41) is 20.3. The van der Waals surface area contributed by atoms with Crippen LogP contribution >= 0.6 is 11.3 Å². The topological polar surface area (TPSA) is 70.3 Å². The zero-order valence-electron chi connectivity index (χ0n) is 15.6. The van der Waals surface area contributed by atoms with Gasteiger partial charge in [-0.2, -0.15) is 0 Å². The molecule has 3 aromatic rings. The lowest BCUT2D eigenvalue weighted by atomic mass is 10.0. The molecule has 2 aromatic heterocycles. The number of nitrogens with zero attached hydrogens (tertiary/aromatic N) is 6. The van der Waals surface area contributed by atoms with E-state index in [2.05, 4.69) is 20.1 Å². The zero-order chi connectivity index (χ0) is 19.4. The Bertz CT molecular complexity index is 990. The quantitative estimate of drug-likeness (QED) is 0.726. The van der Waals surface area contributed by atoms with Crippen molar-refractivity contribution in [3.05, 3.63) is 36.9 Å². The van der Waals surface area contributed by atoms with Crippen molar-refractivity contribution in [3.8, 4) is 22.0 Å².